The molecule has 0 saturated heterocycles. The van der Waals surface area contributed by atoms with Crippen LogP contribution in [0.4, 0.5) is 5.69 Å². The van der Waals surface area contributed by atoms with Gasteiger partial charge in [-0.3, -0.25) is 4.79 Å². The Hall–Kier alpha value is -2.95. The first-order valence-electron chi connectivity index (χ1n) is 7.95. The predicted octanol–water partition coefficient (Wildman–Crippen LogP) is 4.60. The van der Waals surface area contributed by atoms with Crippen molar-refractivity contribution in [3.8, 4) is 5.88 Å². The van der Waals surface area contributed by atoms with Crippen molar-refractivity contribution in [1.82, 2.24) is 4.98 Å². The van der Waals surface area contributed by atoms with Gasteiger partial charge in [0.05, 0.1) is 5.52 Å². The number of amides is 1. The predicted molar refractivity (Wildman–Crippen MR) is 91.5 cm³/mol. The second-order valence-electron chi connectivity index (χ2n) is 6.27. The lowest BCUT2D eigenvalue weighted by Crippen LogP contribution is -1.96. The second kappa shape index (κ2) is 5.60. The Bertz CT molecular complexity index is 944. The number of aromatic hydroxyl groups is 1. The van der Waals surface area contributed by atoms with Crippen LogP contribution < -0.4 is 0 Å². The van der Waals surface area contributed by atoms with E-state index in [0.29, 0.717) is 5.69 Å². The number of carbonyl (C=O) groups is 1. The van der Waals surface area contributed by atoms with Crippen molar-refractivity contribution in [3.05, 3.63) is 59.7 Å². The summed E-state index contributed by atoms with van der Waals surface area (Å²) >= 11 is 0. The van der Waals surface area contributed by atoms with Gasteiger partial charge in [0.2, 0.25) is 5.88 Å². The third-order valence-corrected chi connectivity index (χ3v) is 4.49. The summed E-state index contributed by atoms with van der Waals surface area (Å²) in [6, 6.07) is 15.7. The summed E-state index contributed by atoms with van der Waals surface area (Å²) in [7, 11) is 0. The van der Waals surface area contributed by atoms with E-state index in [1.54, 1.807) is 0 Å². The molecule has 1 fully saturated rings. The van der Waals surface area contributed by atoms with Crippen LogP contribution in [0.3, 0.4) is 0 Å². The highest BCUT2D eigenvalue weighted by Gasteiger charge is 2.44. The van der Waals surface area contributed by atoms with Crippen LogP contribution in [-0.4, -0.2) is 16.0 Å². The molecule has 3 aromatic rings. The van der Waals surface area contributed by atoms with Gasteiger partial charge in [0, 0.05) is 11.3 Å². The molecule has 0 aliphatic heterocycles. The zero-order chi connectivity index (χ0) is 16.7. The number of H-pyrrole nitrogens is 1. The summed E-state index contributed by atoms with van der Waals surface area (Å²) in [6.45, 7) is 1.96. The van der Waals surface area contributed by atoms with Crippen molar-refractivity contribution < 1.29 is 9.90 Å². The number of hydrogen-bond acceptors (Lipinski definition) is 3. The van der Waals surface area contributed by atoms with E-state index in [-0.39, 0.29) is 23.6 Å². The van der Waals surface area contributed by atoms with Gasteiger partial charge < -0.3 is 10.1 Å². The number of carbonyl (C=O) groups excluding carboxylic acids is 1. The fourth-order valence-electron chi connectivity index (χ4n) is 3.09. The number of fused-ring (bicyclic) bond motifs is 1. The molecule has 1 aliphatic rings. The monoisotopic (exact) mass is 319 g/mol. The minimum atomic E-state index is -0.231. The van der Waals surface area contributed by atoms with Crippen molar-refractivity contribution in [2.45, 2.75) is 19.3 Å². The molecular weight excluding hydrogens is 302 g/mol. The van der Waals surface area contributed by atoms with E-state index >= 15 is 0 Å². The normalized spacial score (nSPS) is 19.9. The van der Waals surface area contributed by atoms with Crippen LogP contribution in [0.2, 0.25) is 0 Å². The van der Waals surface area contributed by atoms with Gasteiger partial charge in [0.25, 0.3) is 5.91 Å². The van der Waals surface area contributed by atoms with Gasteiger partial charge in [-0.15, -0.1) is 10.2 Å². The standard InChI is InChI=1S/C19H17N3O2/c1-11-7-8-16-15(9-11)17(19(24)20-16)21-22-18(23)14-10-13(14)12-5-3-2-4-6-12/h2-9,13-14,20,24H,10H2,1H3. The molecule has 1 aliphatic carbocycles. The lowest BCUT2D eigenvalue weighted by atomic mass is 10.1. The number of nitrogens with one attached hydrogen (secondary N) is 1. The fourth-order valence-corrected chi connectivity index (χ4v) is 3.09. The highest BCUT2D eigenvalue weighted by Crippen LogP contribution is 2.48. The lowest BCUT2D eigenvalue weighted by molar-refractivity contribution is -0.119. The van der Waals surface area contributed by atoms with Gasteiger partial charge in [-0.25, -0.2) is 0 Å². The fraction of sp³-hybridized carbons (Fsp3) is 0.211. The SMILES string of the molecule is Cc1ccc2[nH]c(O)c(N=NC(=O)C3CC3c3ccccc3)c2c1. The molecule has 4 rings (SSSR count). The van der Waals surface area contributed by atoms with Gasteiger partial charge in [0.15, 0.2) is 5.69 Å². The maximum Gasteiger partial charge on any atom is 0.268 e. The first-order chi connectivity index (χ1) is 11.6. The Labute approximate surface area is 139 Å². The minimum absolute atomic E-state index is 0.0671. The van der Waals surface area contributed by atoms with Crippen LogP contribution in [0, 0.1) is 12.8 Å². The molecule has 5 heteroatoms. The highest BCUT2D eigenvalue weighted by atomic mass is 16.3. The van der Waals surface area contributed by atoms with Crippen molar-refractivity contribution >= 4 is 22.5 Å². The summed E-state index contributed by atoms with van der Waals surface area (Å²) in [5.74, 6) is -0.172. The molecule has 2 atom stereocenters. The Morgan fingerprint density at radius 3 is 2.79 bits per heavy atom. The number of hydrogen-bond donors (Lipinski definition) is 2. The average Bonchev–Trinajstić information content (AvgIpc) is 3.33. The van der Waals surface area contributed by atoms with Gasteiger partial charge in [0.1, 0.15) is 0 Å². The van der Waals surface area contributed by atoms with E-state index in [9.17, 15) is 9.90 Å². The lowest BCUT2D eigenvalue weighted by Gasteiger charge is -1.97. The number of rotatable bonds is 3. The molecule has 1 heterocycles. The topological polar surface area (TPSA) is 77.8 Å². The molecule has 120 valence electrons. The summed E-state index contributed by atoms with van der Waals surface area (Å²) in [4.78, 5) is 15.1. The quantitative estimate of drug-likeness (QED) is 0.692. The largest absolute Gasteiger partial charge is 0.493 e. The summed E-state index contributed by atoms with van der Waals surface area (Å²) in [5.41, 5.74) is 3.30. The third kappa shape index (κ3) is 2.58. The molecule has 0 bridgehead atoms. The second-order valence-corrected chi connectivity index (χ2v) is 6.27. The summed E-state index contributed by atoms with van der Waals surface area (Å²) < 4.78 is 0. The zero-order valence-corrected chi connectivity index (χ0v) is 13.2. The van der Waals surface area contributed by atoms with Gasteiger partial charge in [-0.1, -0.05) is 42.0 Å². The molecule has 2 unspecified atom stereocenters. The van der Waals surface area contributed by atoms with Crippen LogP contribution in [-0.2, 0) is 4.79 Å². The van der Waals surface area contributed by atoms with E-state index in [4.69, 9.17) is 0 Å². The van der Waals surface area contributed by atoms with Crippen LogP contribution >= 0.6 is 0 Å². The maximum atomic E-state index is 12.2. The Morgan fingerprint density at radius 1 is 1.21 bits per heavy atom. The molecule has 0 radical (unpaired) electrons. The van der Waals surface area contributed by atoms with Crippen LogP contribution in [0.1, 0.15) is 23.5 Å². The molecule has 5 nitrogen and oxygen atoms in total. The number of aromatic nitrogens is 1. The Balaban J connectivity index is 1.55. The van der Waals surface area contributed by atoms with E-state index in [1.165, 1.54) is 0 Å². The van der Waals surface area contributed by atoms with Crippen molar-refractivity contribution in [3.63, 3.8) is 0 Å². The number of aryl methyl sites for hydroxylation is 1. The number of nitrogens with zero attached hydrogens (tertiary/aromatic N) is 2. The molecule has 24 heavy (non-hydrogen) atoms. The highest BCUT2D eigenvalue weighted by molar-refractivity contribution is 5.95. The molecule has 1 aromatic heterocycles. The van der Waals surface area contributed by atoms with Gasteiger partial charge in [-0.05, 0) is 37.0 Å². The molecule has 2 N–H and O–H groups in total. The molecule has 2 aromatic carbocycles. The first kappa shape index (κ1) is 14.6. The van der Waals surface area contributed by atoms with E-state index < -0.39 is 0 Å². The average molecular weight is 319 g/mol. The molecule has 1 amide bonds. The summed E-state index contributed by atoms with van der Waals surface area (Å²) in [6.07, 6.45) is 0.806. The minimum Gasteiger partial charge on any atom is -0.493 e. The van der Waals surface area contributed by atoms with Crippen molar-refractivity contribution in [2.75, 3.05) is 0 Å². The van der Waals surface area contributed by atoms with E-state index in [1.807, 2.05) is 55.5 Å². The number of benzene rings is 2. The third-order valence-electron chi connectivity index (χ3n) is 4.49. The van der Waals surface area contributed by atoms with Crippen LogP contribution in [0.25, 0.3) is 10.9 Å². The Morgan fingerprint density at radius 2 is 2.00 bits per heavy atom. The van der Waals surface area contributed by atoms with Crippen LogP contribution in [0.15, 0.2) is 58.8 Å². The summed E-state index contributed by atoms with van der Waals surface area (Å²) in [5, 5.41) is 18.6. The zero-order valence-electron chi connectivity index (χ0n) is 13.2. The van der Waals surface area contributed by atoms with E-state index in [2.05, 4.69) is 15.2 Å². The molecule has 1 saturated carbocycles. The number of azo groups is 1. The maximum absolute atomic E-state index is 12.2. The van der Waals surface area contributed by atoms with Gasteiger partial charge >= 0.3 is 0 Å². The molecular formula is C19H17N3O2. The number of aromatic amines is 1. The smallest absolute Gasteiger partial charge is 0.268 e. The molecule has 0 spiro atoms. The van der Waals surface area contributed by atoms with Gasteiger partial charge in [-0.2, -0.15) is 0 Å². The van der Waals surface area contributed by atoms with E-state index in [0.717, 1.165) is 28.5 Å². The first-order valence-corrected chi connectivity index (χ1v) is 7.95. The Kier molecular flexibility index (Phi) is 3.41. The van der Waals surface area contributed by atoms with Crippen molar-refractivity contribution in [2.24, 2.45) is 16.1 Å². The van der Waals surface area contributed by atoms with Crippen molar-refractivity contribution in [1.29, 1.82) is 0 Å². The van der Waals surface area contributed by atoms with Crippen LogP contribution in [0.5, 0.6) is 5.88 Å².